The molecule has 0 atom stereocenters. The SMILES string of the molecule is CN(C)C(C)(C)C(O)O. The zero-order chi connectivity index (χ0) is 7.65. The smallest absolute Gasteiger partial charge is 0.169 e. The molecule has 0 aromatic rings. The summed E-state index contributed by atoms with van der Waals surface area (Å²) in [5, 5.41) is 17.5. The molecule has 0 fully saturated rings. The summed E-state index contributed by atoms with van der Waals surface area (Å²) < 4.78 is 0. The average molecular weight is 133 g/mol. The van der Waals surface area contributed by atoms with Crippen molar-refractivity contribution in [2.45, 2.75) is 25.7 Å². The number of rotatable bonds is 2. The summed E-state index contributed by atoms with van der Waals surface area (Å²) in [7, 11) is 3.61. The highest BCUT2D eigenvalue weighted by Crippen LogP contribution is 2.12. The number of hydrogen-bond donors (Lipinski definition) is 2. The minimum atomic E-state index is -1.28. The van der Waals surface area contributed by atoms with Crippen LogP contribution in [0.1, 0.15) is 13.8 Å². The molecule has 3 heteroatoms. The molecule has 0 aliphatic carbocycles. The quantitative estimate of drug-likeness (QED) is 0.505. The molecule has 0 aliphatic rings. The third-order valence-electron chi connectivity index (χ3n) is 1.78. The lowest BCUT2D eigenvalue weighted by Gasteiger charge is -2.33. The molecule has 0 radical (unpaired) electrons. The molecule has 0 rings (SSSR count). The summed E-state index contributed by atoms with van der Waals surface area (Å²) in [6, 6.07) is 0. The zero-order valence-corrected chi connectivity index (χ0v) is 6.42. The summed E-state index contributed by atoms with van der Waals surface area (Å²) in [6.45, 7) is 3.52. The van der Waals surface area contributed by atoms with Crippen LogP contribution >= 0.6 is 0 Å². The second-order valence-electron chi connectivity index (χ2n) is 2.92. The minimum absolute atomic E-state index is 0.556. The molecule has 56 valence electrons. The van der Waals surface area contributed by atoms with Gasteiger partial charge in [-0.3, -0.25) is 4.90 Å². The monoisotopic (exact) mass is 133 g/mol. The van der Waals surface area contributed by atoms with Crippen molar-refractivity contribution in [3.63, 3.8) is 0 Å². The van der Waals surface area contributed by atoms with Crippen molar-refractivity contribution < 1.29 is 10.2 Å². The predicted octanol–water partition coefficient (Wildman–Crippen LogP) is -0.363. The van der Waals surface area contributed by atoms with Crippen LogP contribution in [-0.4, -0.2) is 41.0 Å². The highest BCUT2D eigenvalue weighted by atomic mass is 16.5. The number of aliphatic hydroxyl groups is 2. The lowest BCUT2D eigenvalue weighted by molar-refractivity contribution is -0.128. The van der Waals surface area contributed by atoms with E-state index in [-0.39, 0.29) is 0 Å². The molecule has 3 nitrogen and oxygen atoms in total. The fourth-order valence-corrected chi connectivity index (χ4v) is 0.231. The van der Waals surface area contributed by atoms with Crippen LogP contribution in [0.25, 0.3) is 0 Å². The highest BCUT2D eigenvalue weighted by molar-refractivity contribution is 4.78. The van der Waals surface area contributed by atoms with Gasteiger partial charge in [0.1, 0.15) is 0 Å². The van der Waals surface area contributed by atoms with Crippen molar-refractivity contribution in [2.75, 3.05) is 14.1 Å². The van der Waals surface area contributed by atoms with Crippen LogP contribution in [0.5, 0.6) is 0 Å². The van der Waals surface area contributed by atoms with E-state index in [9.17, 15) is 0 Å². The van der Waals surface area contributed by atoms with Gasteiger partial charge in [-0.25, -0.2) is 0 Å². The Morgan fingerprint density at radius 1 is 1.22 bits per heavy atom. The summed E-state index contributed by atoms with van der Waals surface area (Å²) in [4.78, 5) is 1.76. The van der Waals surface area contributed by atoms with Crippen LogP contribution in [0.4, 0.5) is 0 Å². The summed E-state index contributed by atoms with van der Waals surface area (Å²) in [5.41, 5.74) is -0.556. The minimum Gasteiger partial charge on any atom is -0.367 e. The number of aliphatic hydroxyl groups excluding tert-OH is 1. The van der Waals surface area contributed by atoms with Crippen LogP contribution in [0.15, 0.2) is 0 Å². The van der Waals surface area contributed by atoms with Crippen molar-refractivity contribution in [3.05, 3.63) is 0 Å². The van der Waals surface area contributed by atoms with Gasteiger partial charge >= 0.3 is 0 Å². The highest BCUT2D eigenvalue weighted by Gasteiger charge is 2.27. The predicted molar refractivity (Wildman–Crippen MR) is 36.0 cm³/mol. The largest absolute Gasteiger partial charge is 0.367 e. The summed E-state index contributed by atoms with van der Waals surface area (Å²) in [5.74, 6) is 0. The summed E-state index contributed by atoms with van der Waals surface area (Å²) >= 11 is 0. The zero-order valence-electron chi connectivity index (χ0n) is 6.42. The lowest BCUT2D eigenvalue weighted by atomic mass is 10.0. The third-order valence-corrected chi connectivity index (χ3v) is 1.78. The van der Waals surface area contributed by atoms with E-state index in [1.807, 2.05) is 0 Å². The van der Waals surface area contributed by atoms with E-state index in [2.05, 4.69) is 0 Å². The van der Waals surface area contributed by atoms with Crippen LogP contribution < -0.4 is 0 Å². The van der Waals surface area contributed by atoms with E-state index < -0.39 is 11.8 Å². The Bertz CT molecular complexity index is 79.1. The molecule has 0 saturated heterocycles. The third kappa shape index (κ3) is 1.93. The first kappa shape index (κ1) is 8.88. The van der Waals surface area contributed by atoms with Crippen LogP contribution in [0, 0.1) is 0 Å². The van der Waals surface area contributed by atoms with Gasteiger partial charge < -0.3 is 10.2 Å². The Balaban J connectivity index is 4.01. The second kappa shape index (κ2) is 2.64. The van der Waals surface area contributed by atoms with Gasteiger partial charge in [-0.05, 0) is 27.9 Å². The molecule has 0 heterocycles. The summed E-state index contributed by atoms with van der Waals surface area (Å²) in [6.07, 6.45) is -1.28. The number of hydrogen-bond acceptors (Lipinski definition) is 3. The fourth-order valence-electron chi connectivity index (χ4n) is 0.231. The lowest BCUT2D eigenvalue weighted by Crippen LogP contribution is -2.48. The Morgan fingerprint density at radius 2 is 1.56 bits per heavy atom. The van der Waals surface area contributed by atoms with Gasteiger partial charge in [0.2, 0.25) is 0 Å². The second-order valence-corrected chi connectivity index (χ2v) is 2.92. The van der Waals surface area contributed by atoms with Gasteiger partial charge in [0.15, 0.2) is 6.29 Å². The van der Waals surface area contributed by atoms with E-state index in [0.717, 1.165) is 0 Å². The van der Waals surface area contributed by atoms with Gasteiger partial charge in [0.05, 0.1) is 5.54 Å². The molecule has 0 spiro atoms. The maximum Gasteiger partial charge on any atom is 0.169 e. The topological polar surface area (TPSA) is 43.7 Å². The van der Waals surface area contributed by atoms with E-state index in [1.165, 1.54) is 0 Å². The van der Waals surface area contributed by atoms with E-state index >= 15 is 0 Å². The Hall–Kier alpha value is -0.120. The molecule has 0 unspecified atom stereocenters. The standard InChI is InChI=1S/C6H15NO2/c1-6(2,5(8)9)7(3)4/h5,8-9H,1-4H3. The normalized spacial score (nSPS) is 13.3. The number of nitrogens with zero attached hydrogens (tertiary/aromatic N) is 1. The Morgan fingerprint density at radius 3 is 1.56 bits per heavy atom. The first-order valence-corrected chi connectivity index (χ1v) is 2.92. The van der Waals surface area contributed by atoms with E-state index in [1.54, 1.807) is 32.8 Å². The molecule has 0 saturated carbocycles. The first-order chi connectivity index (χ1) is 3.89. The molecule has 0 amide bonds. The number of likely N-dealkylation sites (N-methyl/N-ethyl adjacent to an activating group) is 1. The molecular weight excluding hydrogens is 118 g/mol. The maximum atomic E-state index is 8.76. The van der Waals surface area contributed by atoms with Gasteiger partial charge in [-0.15, -0.1) is 0 Å². The van der Waals surface area contributed by atoms with Crippen molar-refractivity contribution in [1.29, 1.82) is 0 Å². The molecule has 0 aromatic carbocycles. The van der Waals surface area contributed by atoms with Crippen LogP contribution in [0.3, 0.4) is 0 Å². The molecule has 2 N–H and O–H groups in total. The van der Waals surface area contributed by atoms with Crippen molar-refractivity contribution >= 4 is 0 Å². The van der Waals surface area contributed by atoms with E-state index in [4.69, 9.17) is 10.2 Å². The Kier molecular flexibility index (Phi) is 2.61. The fraction of sp³-hybridized carbons (Fsp3) is 1.00. The van der Waals surface area contributed by atoms with E-state index in [0.29, 0.717) is 0 Å². The maximum absolute atomic E-state index is 8.76. The molecule has 9 heavy (non-hydrogen) atoms. The van der Waals surface area contributed by atoms with Gasteiger partial charge in [-0.1, -0.05) is 0 Å². The first-order valence-electron chi connectivity index (χ1n) is 2.92. The molecule has 0 bridgehead atoms. The van der Waals surface area contributed by atoms with Gasteiger partial charge in [0, 0.05) is 0 Å². The molecular formula is C6H15NO2. The van der Waals surface area contributed by atoms with Gasteiger partial charge in [-0.2, -0.15) is 0 Å². The molecule has 0 aliphatic heterocycles. The van der Waals surface area contributed by atoms with Crippen LogP contribution in [-0.2, 0) is 0 Å². The van der Waals surface area contributed by atoms with Crippen LogP contribution in [0.2, 0.25) is 0 Å². The average Bonchev–Trinajstić information content (AvgIpc) is 1.65. The molecule has 0 aromatic heterocycles. The van der Waals surface area contributed by atoms with Crippen molar-refractivity contribution in [3.8, 4) is 0 Å². The van der Waals surface area contributed by atoms with Crippen molar-refractivity contribution in [1.82, 2.24) is 4.90 Å². The van der Waals surface area contributed by atoms with Gasteiger partial charge in [0.25, 0.3) is 0 Å². The Labute approximate surface area is 55.9 Å². The van der Waals surface area contributed by atoms with Crippen molar-refractivity contribution in [2.24, 2.45) is 0 Å².